The highest BCUT2D eigenvalue weighted by atomic mass is 16.6. The van der Waals surface area contributed by atoms with E-state index >= 15 is 0 Å². The average Bonchev–Trinajstić information content (AvgIpc) is 2.08. The maximum Gasteiger partial charge on any atom is 0.108 e. The van der Waals surface area contributed by atoms with E-state index < -0.39 is 0 Å². The van der Waals surface area contributed by atoms with Gasteiger partial charge in [0.25, 0.3) is 0 Å². The quantitative estimate of drug-likeness (QED) is 0.554. The zero-order valence-corrected chi connectivity index (χ0v) is 8.08. The Balaban J connectivity index is 2.39. The van der Waals surface area contributed by atoms with E-state index in [1.807, 2.05) is 0 Å². The molecule has 1 rings (SSSR count). The van der Waals surface area contributed by atoms with Crippen LogP contribution < -0.4 is 0 Å². The topological polar surface area (TPSA) is 27.7 Å². The first-order chi connectivity index (χ1) is 5.77. The summed E-state index contributed by atoms with van der Waals surface area (Å²) in [6, 6.07) is 0. The first-order valence-corrected chi connectivity index (χ1v) is 4.41. The molecule has 0 bridgehead atoms. The Labute approximate surface area is 74.8 Å². The number of hydrogen-bond acceptors (Lipinski definition) is 3. The Hall–Kier alpha value is -0.0551. The average molecular weight is 172 g/mol. The molecule has 0 aromatic carbocycles. The maximum atomic E-state index is 5.58. The maximum absolute atomic E-state index is 5.58. The molecule has 0 aliphatic carbocycles. The molecule has 0 saturated carbocycles. The Bertz CT molecular complexity index is 131. The van der Waals surface area contributed by atoms with Crippen molar-refractivity contribution in [1.29, 1.82) is 0 Å². The molecule has 0 radical (unpaired) electrons. The van der Waals surface area contributed by atoms with E-state index in [0.29, 0.717) is 12.4 Å². The van der Waals surface area contributed by atoms with Crippen LogP contribution in [-0.4, -0.2) is 47.5 Å². The molecule has 1 aliphatic rings. The molecule has 1 saturated heterocycles. The molecule has 0 aromatic heterocycles. The Morgan fingerprint density at radius 1 is 1.50 bits per heavy atom. The number of hydrogen-bond donors (Lipinski definition) is 0. The zero-order valence-electron chi connectivity index (χ0n) is 8.08. The summed E-state index contributed by atoms with van der Waals surface area (Å²) < 4.78 is 15.9. The van der Waals surface area contributed by atoms with Crippen molar-refractivity contribution in [3.63, 3.8) is 0 Å². The summed E-state index contributed by atoms with van der Waals surface area (Å²) in [7, 11) is 5.60. The van der Waals surface area contributed by atoms with Gasteiger partial charge in [-0.2, -0.15) is 0 Å². The van der Waals surface area contributed by atoms with E-state index in [9.17, 15) is 0 Å². The SMILES string of the molecule is B[C@@H]1CO[C@H](COC)[C@@H](OC)C1. The van der Waals surface area contributed by atoms with Crippen LogP contribution in [0.5, 0.6) is 0 Å². The molecule has 0 aromatic rings. The van der Waals surface area contributed by atoms with Crippen molar-refractivity contribution in [2.24, 2.45) is 0 Å². The molecule has 4 heteroatoms. The molecule has 0 N–H and O–H groups in total. The predicted molar refractivity (Wildman–Crippen MR) is 49.3 cm³/mol. The third kappa shape index (κ3) is 2.47. The lowest BCUT2D eigenvalue weighted by atomic mass is 9.80. The molecule has 0 amide bonds. The summed E-state index contributed by atoms with van der Waals surface area (Å²) in [5.74, 6) is 0.600. The lowest BCUT2D eigenvalue weighted by molar-refractivity contribution is -0.113. The van der Waals surface area contributed by atoms with Crippen LogP contribution in [0.15, 0.2) is 0 Å². The smallest absolute Gasteiger partial charge is 0.108 e. The minimum Gasteiger partial charge on any atom is -0.382 e. The lowest BCUT2D eigenvalue weighted by Crippen LogP contribution is -2.40. The first-order valence-electron chi connectivity index (χ1n) is 4.41. The second-order valence-electron chi connectivity index (χ2n) is 3.44. The van der Waals surface area contributed by atoms with Crippen LogP contribution in [0.1, 0.15) is 6.42 Å². The van der Waals surface area contributed by atoms with Crippen LogP contribution in [0.2, 0.25) is 5.82 Å². The Kier molecular flexibility index (Phi) is 4.05. The van der Waals surface area contributed by atoms with Crippen LogP contribution in [0.4, 0.5) is 0 Å². The van der Waals surface area contributed by atoms with Gasteiger partial charge in [0.2, 0.25) is 0 Å². The normalized spacial score (nSPS) is 36.7. The second kappa shape index (κ2) is 4.85. The standard InChI is InChI=1S/C8H17BO3/c1-10-5-8-7(11-2)3-6(9)4-12-8/h6-8H,3-5,9H2,1-2H3/t6-,7-,8+/m0/s1. The molecule has 1 heterocycles. The van der Waals surface area contributed by atoms with Gasteiger partial charge < -0.3 is 14.2 Å². The van der Waals surface area contributed by atoms with Crippen LogP contribution in [0.3, 0.4) is 0 Å². The van der Waals surface area contributed by atoms with E-state index in [1.54, 1.807) is 14.2 Å². The van der Waals surface area contributed by atoms with Crippen LogP contribution in [0.25, 0.3) is 0 Å². The summed E-state index contributed by atoms with van der Waals surface area (Å²) in [4.78, 5) is 0. The summed E-state index contributed by atoms with van der Waals surface area (Å²) in [6.07, 6.45) is 1.40. The minimum atomic E-state index is 0.121. The highest BCUT2D eigenvalue weighted by Crippen LogP contribution is 2.23. The van der Waals surface area contributed by atoms with E-state index in [1.165, 1.54) is 0 Å². The molecular weight excluding hydrogens is 155 g/mol. The third-order valence-electron chi connectivity index (χ3n) is 2.28. The second-order valence-corrected chi connectivity index (χ2v) is 3.44. The molecule has 0 spiro atoms. The largest absolute Gasteiger partial charge is 0.382 e. The van der Waals surface area contributed by atoms with Crippen LogP contribution in [-0.2, 0) is 14.2 Å². The van der Waals surface area contributed by atoms with Gasteiger partial charge in [0.1, 0.15) is 14.0 Å². The monoisotopic (exact) mass is 172 g/mol. The number of rotatable bonds is 3. The summed E-state index contributed by atoms with van der Waals surface area (Å²) >= 11 is 0. The number of ether oxygens (including phenoxy) is 3. The zero-order chi connectivity index (χ0) is 8.97. The first kappa shape index (κ1) is 10.0. The lowest BCUT2D eigenvalue weighted by Gasteiger charge is -2.33. The molecule has 1 aliphatic heterocycles. The van der Waals surface area contributed by atoms with Gasteiger partial charge in [-0.05, 0) is 12.2 Å². The van der Waals surface area contributed by atoms with Crippen molar-refractivity contribution >= 4 is 7.85 Å². The van der Waals surface area contributed by atoms with Gasteiger partial charge in [-0.1, -0.05) is 0 Å². The Morgan fingerprint density at radius 2 is 2.25 bits per heavy atom. The van der Waals surface area contributed by atoms with Crippen LogP contribution in [0, 0.1) is 0 Å². The molecular formula is C8H17BO3. The van der Waals surface area contributed by atoms with Crippen molar-refractivity contribution in [1.82, 2.24) is 0 Å². The van der Waals surface area contributed by atoms with E-state index in [2.05, 4.69) is 7.85 Å². The van der Waals surface area contributed by atoms with Crippen molar-refractivity contribution in [3.05, 3.63) is 0 Å². The Morgan fingerprint density at radius 3 is 2.83 bits per heavy atom. The van der Waals surface area contributed by atoms with Gasteiger partial charge in [0.15, 0.2) is 0 Å². The van der Waals surface area contributed by atoms with Crippen molar-refractivity contribution in [3.8, 4) is 0 Å². The molecule has 12 heavy (non-hydrogen) atoms. The number of methoxy groups -OCH3 is 2. The molecule has 0 unspecified atom stereocenters. The van der Waals surface area contributed by atoms with Gasteiger partial charge >= 0.3 is 0 Å². The molecule has 1 fully saturated rings. The predicted octanol–water partition coefficient (Wildman–Crippen LogP) is -0.142. The fourth-order valence-corrected chi connectivity index (χ4v) is 1.58. The molecule has 3 nitrogen and oxygen atoms in total. The van der Waals surface area contributed by atoms with E-state index in [0.717, 1.165) is 13.0 Å². The fraction of sp³-hybridized carbons (Fsp3) is 1.00. The third-order valence-corrected chi connectivity index (χ3v) is 2.28. The fourth-order valence-electron chi connectivity index (χ4n) is 1.58. The summed E-state index contributed by atoms with van der Waals surface area (Å²) in [6.45, 7) is 1.46. The van der Waals surface area contributed by atoms with E-state index in [4.69, 9.17) is 14.2 Å². The summed E-state index contributed by atoms with van der Waals surface area (Å²) in [5.41, 5.74) is 0. The van der Waals surface area contributed by atoms with Gasteiger partial charge in [-0.25, -0.2) is 0 Å². The van der Waals surface area contributed by atoms with Crippen molar-refractivity contribution in [2.45, 2.75) is 24.4 Å². The van der Waals surface area contributed by atoms with E-state index in [-0.39, 0.29) is 12.2 Å². The van der Waals surface area contributed by atoms with Crippen LogP contribution >= 0.6 is 0 Å². The molecule has 3 atom stereocenters. The van der Waals surface area contributed by atoms with Crippen molar-refractivity contribution < 1.29 is 14.2 Å². The van der Waals surface area contributed by atoms with Crippen molar-refractivity contribution in [2.75, 3.05) is 27.4 Å². The van der Waals surface area contributed by atoms with Gasteiger partial charge in [0.05, 0.1) is 12.7 Å². The minimum absolute atomic E-state index is 0.121. The highest BCUT2D eigenvalue weighted by Gasteiger charge is 2.29. The van der Waals surface area contributed by atoms with Gasteiger partial charge in [0, 0.05) is 20.8 Å². The molecule has 70 valence electrons. The summed E-state index contributed by atoms with van der Waals surface area (Å²) in [5, 5.41) is 0. The van der Waals surface area contributed by atoms with Gasteiger partial charge in [-0.3, -0.25) is 0 Å². The van der Waals surface area contributed by atoms with Gasteiger partial charge in [-0.15, -0.1) is 0 Å². The highest BCUT2D eigenvalue weighted by molar-refractivity contribution is 6.11.